The molecule has 5 heavy (non-hydrogen) atoms. The fourth-order valence-corrected chi connectivity index (χ4v) is 0. The van der Waals surface area contributed by atoms with E-state index in [1.807, 2.05) is 0 Å². The predicted octanol–water partition coefficient (Wildman–Crippen LogP) is -0.600. The molecule has 0 fully saturated rings. The molecule has 0 rings (SSSR count). The van der Waals surface area contributed by atoms with Crippen molar-refractivity contribution in [2.24, 2.45) is 0 Å². The minimum absolute atomic E-state index is 0. The largest absolute Gasteiger partial charge is 0.308 e. The summed E-state index contributed by atoms with van der Waals surface area (Å²) in [4.78, 5) is 0. The molecule has 0 aliphatic heterocycles. The summed E-state index contributed by atoms with van der Waals surface area (Å²) in [6, 6.07) is 0. The van der Waals surface area contributed by atoms with E-state index in [1.165, 1.54) is 0 Å². The first kappa shape index (κ1) is 9.27. The first-order chi connectivity index (χ1) is 1.73. The van der Waals surface area contributed by atoms with Gasteiger partial charge in [0.15, 0.2) is 0 Å². The zero-order valence-corrected chi connectivity index (χ0v) is 4.73. The molecule has 0 aliphatic rings. The fraction of sp³-hybridized carbons (Fsp3) is 0. The average Bonchev–Trinajstić information content (AvgIpc) is 0.811. The predicted molar refractivity (Wildman–Crippen MR) is 19.5 cm³/mol. The molecule has 0 saturated carbocycles. The smallest absolute Gasteiger partial charge is 0.130 e. The zero-order valence-electron chi connectivity index (χ0n) is 2.03. The molecule has 0 heterocycles. The van der Waals surface area contributed by atoms with Gasteiger partial charge in [0.1, 0.15) is 9.64 Å². The zero-order chi connectivity index (χ0) is 3.58. The molecule has 0 radical (unpaired) electrons. The summed E-state index contributed by atoms with van der Waals surface area (Å²) in [5.41, 5.74) is 0. The van der Waals surface area contributed by atoms with Crippen molar-refractivity contribution in [2.45, 2.75) is 0 Å². The fourth-order valence-electron chi connectivity index (χ4n) is 0. The Morgan fingerprint density at radius 1 is 1.80 bits per heavy atom. The second-order valence-electron chi connectivity index (χ2n) is 0.238. The molecule has 1 atom stereocenters. The van der Waals surface area contributed by atoms with E-state index in [-0.39, 0.29) is 16.5 Å². The van der Waals surface area contributed by atoms with Crippen molar-refractivity contribution in [2.75, 3.05) is 0 Å². The van der Waals surface area contributed by atoms with E-state index < -0.39 is 9.64 Å². The molecule has 1 N–H and O–H groups in total. The number of hydrogen-bond acceptors (Lipinski definition) is 2. The van der Waals surface area contributed by atoms with Crippen molar-refractivity contribution < 1.29 is 25.3 Å². The Morgan fingerprint density at radius 3 is 1.80 bits per heavy atom. The van der Waals surface area contributed by atoms with E-state index in [2.05, 4.69) is 11.2 Å². The van der Waals surface area contributed by atoms with Crippen LogP contribution in [-0.2, 0) is 37.3 Å². The Balaban J connectivity index is 0. The van der Waals surface area contributed by atoms with E-state index in [9.17, 15) is 0 Å². The van der Waals surface area contributed by atoms with Gasteiger partial charge >= 0.3 is 0 Å². The van der Waals surface area contributed by atoms with Crippen LogP contribution in [0.3, 0.4) is 0 Å². The van der Waals surface area contributed by atoms with Crippen molar-refractivity contribution in [3.8, 4) is 0 Å². The quantitative estimate of drug-likeness (QED) is 0.364. The Kier molecular flexibility index (Phi) is 8.94. The maximum absolute atomic E-state index is 8.96. The third-order valence-electron chi connectivity index (χ3n) is 0. The van der Waals surface area contributed by atoms with E-state index in [1.54, 1.807) is 0 Å². The normalized spacial score (nSPS) is 12.2. The molecule has 0 saturated heterocycles. The SMILES string of the molecule is O=[SH](O)=S.[Ni]. The van der Waals surface area contributed by atoms with Gasteiger partial charge in [0.05, 0.1) is 0 Å². The van der Waals surface area contributed by atoms with Gasteiger partial charge in [0.25, 0.3) is 0 Å². The van der Waals surface area contributed by atoms with Crippen LogP contribution >= 0.6 is 0 Å². The van der Waals surface area contributed by atoms with Gasteiger partial charge in [-0.3, -0.25) is 0 Å². The minimum atomic E-state index is -2.29. The maximum atomic E-state index is 8.96. The molecule has 0 bridgehead atoms. The molecule has 0 aliphatic carbocycles. The van der Waals surface area contributed by atoms with Crippen molar-refractivity contribution >= 4 is 20.8 Å². The van der Waals surface area contributed by atoms with Gasteiger partial charge in [0, 0.05) is 27.7 Å². The van der Waals surface area contributed by atoms with Crippen LogP contribution in [0, 0.1) is 0 Å². The summed E-state index contributed by atoms with van der Waals surface area (Å²) in [6.45, 7) is 0. The topological polar surface area (TPSA) is 37.3 Å². The Labute approximate surface area is 46.4 Å². The number of thiol groups is 1. The molecule has 2 nitrogen and oxygen atoms in total. The average molecular weight is 157 g/mol. The van der Waals surface area contributed by atoms with Gasteiger partial charge in [0.2, 0.25) is 0 Å². The summed E-state index contributed by atoms with van der Waals surface area (Å²) < 4.78 is 16.3. The van der Waals surface area contributed by atoms with Gasteiger partial charge in [-0.25, -0.2) is 4.21 Å². The molecular formula is H2NiO2S2. The van der Waals surface area contributed by atoms with Crippen LogP contribution in [0.5, 0.6) is 0 Å². The second kappa shape index (κ2) is 4.82. The van der Waals surface area contributed by atoms with Crippen LogP contribution in [0.2, 0.25) is 0 Å². The van der Waals surface area contributed by atoms with Crippen LogP contribution in [-0.4, -0.2) is 8.76 Å². The molecule has 0 aromatic rings. The van der Waals surface area contributed by atoms with E-state index in [0.717, 1.165) is 0 Å². The van der Waals surface area contributed by atoms with Gasteiger partial charge < -0.3 is 4.55 Å². The monoisotopic (exact) mass is 156 g/mol. The molecule has 0 spiro atoms. The standard InChI is InChI=1S/Ni.H2O2S2/c;1-4(2)3/h;4H,(H,1,2,3). The van der Waals surface area contributed by atoms with Gasteiger partial charge in [-0.2, -0.15) is 0 Å². The molecule has 0 amide bonds. The third-order valence-corrected chi connectivity index (χ3v) is 0. The number of hydrogen-bond donors (Lipinski definition) is 2. The summed E-state index contributed by atoms with van der Waals surface area (Å²) in [6.07, 6.45) is 0. The van der Waals surface area contributed by atoms with Crippen molar-refractivity contribution in [1.29, 1.82) is 0 Å². The first-order valence-electron chi connectivity index (χ1n) is 0.565. The summed E-state index contributed by atoms with van der Waals surface area (Å²) >= 11 is 3.69. The van der Waals surface area contributed by atoms with Gasteiger partial charge in [-0.05, 0) is 0 Å². The molecule has 1 unspecified atom stereocenters. The van der Waals surface area contributed by atoms with Crippen LogP contribution in [0.4, 0.5) is 0 Å². The Morgan fingerprint density at radius 2 is 1.80 bits per heavy atom. The number of rotatable bonds is 0. The van der Waals surface area contributed by atoms with Crippen LogP contribution < -0.4 is 0 Å². The molecule has 0 aromatic heterocycles. The van der Waals surface area contributed by atoms with Gasteiger partial charge in [-0.15, -0.1) is 0 Å². The van der Waals surface area contributed by atoms with Crippen LogP contribution in [0.15, 0.2) is 0 Å². The second-order valence-corrected chi connectivity index (χ2v) is 1.65. The van der Waals surface area contributed by atoms with Crippen LogP contribution in [0.1, 0.15) is 0 Å². The Bertz CT molecular complexity index is 56.0. The van der Waals surface area contributed by atoms with Gasteiger partial charge in [-0.1, -0.05) is 0 Å². The van der Waals surface area contributed by atoms with E-state index in [4.69, 9.17) is 8.76 Å². The first-order valence-corrected chi connectivity index (χ1v) is 2.79. The molecule has 36 valence electrons. The maximum Gasteiger partial charge on any atom is 0.130 e. The Hall–Kier alpha value is 0.824. The summed E-state index contributed by atoms with van der Waals surface area (Å²) in [5.74, 6) is 0. The minimum Gasteiger partial charge on any atom is -0.308 e. The van der Waals surface area contributed by atoms with Crippen molar-refractivity contribution in [3.05, 3.63) is 0 Å². The van der Waals surface area contributed by atoms with E-state index >= 15 is 0 Å². The van der Waals surface area contributed by atoms with Crippen LogP contribution in [0.25, 0.3) is 0 Å². The van der Waals surface area contributed by atoms with Crippen molar-refractivity contribution in [1.82, 2.24) is 0 Å². The summed E-state index contributed by atoms with van der Waals surface area (Å²) in [7, 11) is -2.29. The third kappa shape index (κ3) is 56.7. The molecular weight excluding hydrogens is 155 g/mol. The summed E-state index contributed by atoms with van der Waals surface area (Å²) in [5, 5.41) is 0. The molecule has 5 heteroatoms. The molecule has 0 aromatic carbocycles. The van der Waals surface area contributed by atoms with E-state index in [0.29, 0.717) is 0 Å². The van der Waals surface area contributed by atoms with Crippen molar-refractivity contribution in [3.63, 3.8) is 0 Å².